The van der Waals surface area contributed by atoms with Crippen molar-refractivity contribution in [1.82, 2.24) is 19.9 Å². The van der Waals surface area contributed by atoms with Crippen molar-refractivity contribution < 1.29 is 9.32 Å². The van der Waals surface area contributed by atoms with Crippen LogP contribution in [0.15, 0.2) is 58.1 Å². The Morgan fingerprint density at radius 1 is 1.21 bits per heavy atom. The number of anilines is 1. The highest BCUT2D eigenvalue weighted by molar-refractivity contribution is 5.93. The Hall–Kier alpha value is -3.81. The van der Waals surface area contributed by atoms with Gasteiger partial charge in [0, 0.05) is 30.6 Å². The third-order valence-electron chi connectivity index (χ3n) is 4.28. The number of fused-ring (bicyclic) bond motifs is 1. The highest BCUT2D eigenvalue weighted by atomic mass is 16.5. The standard InChI is InChI=1S/C20H17N5O3/c1-12-17-19(28-24-12)18(15-4-3-5-16(10-15)22-13(2)26)23-25(20(17)27)11-14-6-8-21-9-7-14/h3-10H,11H2,1-2H3,(H,22,26). The summed E-state index contributed by atoms with van der Waals surface area (Å²) >= 11 is 0. The fraction of sp³-hybridized carbons (Fsp3) is 0.150. The number of nitrogens with zero attached hydrogens (tertiary/aromatic N) is 4. The summed E-state index contributed by atoms with van der Waals surface area (Å²) in [5.74, 6) is -0.173. The maximum Gasteiger partial charge on any atom is 0.280 e. The summed E-state index contributed by atoms with van der Waals surface area (Å²) in [6, 6.07) is 10.9. The second kappa shape index (κ2) is 7.07. The summed E-state index contributed by atoms with van der Waals surface area (Å²) in [4.78, 5) is 28.3. The highest BCUT2D eigenvalue weighted by Crippen LogP contribution is 2.28. The molecule has 3 heterocycles. The lowest BCUT2D eigenvalue weighted by molar-refractivity contribution is -0.114. The van der Waals surface area contributed by atoms with Crippen LogP contribution in [0.25, 0.3) is 22.2 Å². The number of pyridine rings is 1. The Bertz CT molecular complexity index is 1230. The third kappa shape index (κ3) is 3.27. The van der Waals surface area contributed by atoms with Crippen molar-refractivity contribution in [3.63, 3.8) is 0 Å². The van der Waals surface area contributed by atoms with Crippen molar-refractivity contribution in [2.45, 2.75) is 20.4 Å². The zero-order valence-corrected chi connectivity index (χ0v) is 15.3. The minimum Gasteiger partial charge on any atom is -0.353 e. The van der Waals surface area contributed by atoms with Crippen molar-refractivity contribution in [2.24, 2.45) is 0 Å². The molecule has 4 rings (SSSR count). The van der Waals surface area contributed by atoms with Crippen LogP contribution in [-0.4, -0.2) is 25.8 Å². The average molecular weight is 375 g/mol. The van der Waals surface area contributed by atoms with Crippen LogP contribution in [0, 0.1) is 6.92 Å². The molecule has 0 aliphatic heterocycles. The van der Waals surface area contributed by atoms with E-state index in [0.29, 0.717) is 40.2 Å². The average Bonchev–Trinajstić information content (AvgIpc) is 3.06. The van der Waals surface area contributed by atoms with Gasteiger partial charge in [0.05, 0.1) is 12.2 Å². The molecule has 8 heteroatoms. The van der Waals surface area contributed by atoms with Gasteiger partial charge in [0.25, 0.3) is 5.56 Å². The van der Waals surface area contributed by atoms with Crippen LogP contribution >= 0.6 is 0 Å². The molecule has 0 aliphatic carbocycles. The molecule has 1 aromatic carbocycles. The van der Waals surface area contributed by atoms with E-state index in [0.717, 1.165) is 5.56 Å². The van der Waals surface area contributed by atoms with Crippen LogP contribution in [0.2, 0.25) is 0 Å². The molecule has 0 fully saturated rings. The van der Waals surface area contributed by atoms with Crippen molar-refractivity contribution in [2.75, 3.05) is 5.32 Å². The number of aromatic nitrogens is 4. The van der Waals surface area contributed by atoms with Crippen LogP contribution in [0.3, 0.4) is 0 Å². The van der Waals surface area contributed by atoms with E-state index in [4.69, 9.17) is 4.52 Å². The molecule has 0 atom stereocenters. The van der Waals surface area contributed by atoms with E-state index in [2.05, 4.69) is 20.6 Å². The van der Waals surface area contributed by atoms with E-state index in [1.54, 1.807) is 37.5 Å². The van der Waals surface area contributed by atoms with Gasteiger partial charge in [0.1, 0.15) is 11.1 Å². The molecule has 8 nitrogen and oxygen atoms in total. The quantitative estimate of drug-likeness (QED) is 0.588. The molecular weight excluding hydrogens is 358 g/mol. The fourth-order valence-corrected chi connectivity index (χ4v) is 3.03. The first-order valence-corrected chi connectivity index (χ1v) is 8.67. The van der Waals surface area contributed by atoms with Gasteiger partial charge in [0.2, 0.25) is 11.5 Å². The topological polar surface area (TPSA) is 103 Å². The lowest BCUT2D eigenvalue weighted by Gasteiger charge is -2.09. The van der Waals surface area contributed by atoms with Gasteiger partial charge in [-0.3, -0.25) is 14.6 Å². The highest BCUT2D eigenvalue weighted by Gasteiger charge is 2.19. The zero-order chi connectivity index (χ0) is 19.7. The largest absolute Gasteiger partial charge is 0.353 e. The minimum absolute atomic E-state index is 0.173. The maximum atomic E-state index is 12.9. The number of carbonyl (C=O) groups excluding carboxylic acids is 1. The number of nitrogens with one attached hydrogen (secondary N) is 1. The Kier molecular flexibility index (Phi) is 4.44. The van der Waals surface area contributed by atoms with E-state index in [1.807, 2.05) is 18.2 Å². The zero-order valence-electron chi connectivity index (χ0n) is 15.3. The molecule has 28 heavy (non-hydrogen) atoms. The number of benzene rings is 1. The molecule has 4 aromatic rings. The lowest BCUT2D eigenvalue weighted by atomic mass is 10.1. The van der Waals surface area contributed by atoms with E-state index in [1.165, 1.54) is 11.6 Å². The van der Waals surface area contributed by atoms with Gasteiger partial charge in [0.15, 0.2) is 0 Å². The Morgan fingerprint density at radius 3 is 2.75 bits per heavy atom. The Labute approximate surface area is 159 Å². The van der Waals surface area contributed by atoms with Crippen molar-refractivity contribution in [1.29, 1.82) is 0 Å². The van der Waals surface area contributed by atoms with E-state index in [-0.39, 0.29) is 11.5 Å². The van der Waals surface area contributed by atoms with Gasteiger partial charge in [-0.05, 0) is 36.8 Å². The van der Waals surface area contributed by atoms with Gasteiger partial charge >= 0.3 is 0 Å². The number of hydrogen-bond acceptors (Lipinski definition) is 6. The van der Waals surface area contributed by atoms with Crippen molar-refractivity contribution >= 4 is 22.6 Å². The first-order valence-electron chi connectivity index (χ1n) is 8.67. The fourth-order valence-electron chi connectivity index (χ4n) is 3.03. The summed E-state index contributed by atoms with van der Waals surface area (Å²) < 4.78 is 6.81. The predicted octanol–water partition coefficient (Wildman–Crippen LogP) is 2.76. The smallest absolute Gasteiger partial charge is 0.280 e. The van der Waals surface area contributed by atoms with E-state index >= 15 is 0 Å². The van der Waals surface area contributed by atoms with Crippen LogP contribution in [-0.2, 0) is 11.3 Å². The summed E-state index contributed by atoms with van der Waals surface area (Å²) in [6.45, 7) is 3.46. The van der Waals surface area contributed by atoms with Crippen LogP contribution in [0.1, 0.15) is 18.2 Å². The summed E-state index contributed by atoms with van der Waals surface area (Å²) in [6.07, 6.45) is 3.34. The molecule has 140 valence electrons. The van der Waals surface area contributed by atoms with Gasteiger partial charge in [-0.2, -0.15) is 5.10 Å². The first-order chi connectivity index (χ1) is 13.5. The molecule has 1 amide bonds. The molecule has 1 N–H and O–H groups in total. The third-order valence-corrected chi connectivity index (χ3v) is 4.28. The van der Waals surface area contributed by atoms with Crippen molar-refractivity contribution in [3.8, 4) is 11.3 Å². The predicted molar refractivity (Wildman–Crippen MR) is 104 cm³/mol. The molecule has 0 radical (unpaired) electrons. The summed E-state index contributed by atoms with van der Waals surface area (Å²) in [5, 5.41) is 11.6. The number of carbonyl (C=O) groups is 1. The normalized spacial score (nSPS) is 10.9. The van der Waals surface area contributed by atoms with Gasteiger partial charge in [-0.25, -0.2) is 4.68 Å². The number of rotatable bonds is 4. The number of amides is 1. The SMILES string of the molecule is CC(=O)Nc1cccc(-c2nn(Cc3ccncc3)c(=O)c3c(C)noc23)c1. The van der Waals surface area contributed by atoms with Crippen molar-refractivity contribution in [3.05, 3.63) is 70.4 Å². The van der Waals surface area contributed by atoms with Gasteiger partial charge in [-0.15, -0.1) is 0 Å². The molecule has 3 aromatic heterocycles. The second-order valence-electron chi connectivity index (χ2n) is 6.40. The summed E-state index contributed by atoms with van der Waals surface area (Å²) in [7, 11) is 0. The monoisotopic (exact) mass is 375 g/mol. The molecule has 0 spiro atoms. The van der Waals surface area contributed by atoms with Gasteiger partial charge in [-0.1, -0.05) is 17.3 Å². The first kappa shape index (κ1) is 17.6. The molecule has 0 saturated heterocycles. The van der Waals surface area contributed by atoms with Crippen LogP contribution in [0.4, 0.5) is 5.69 Å². The van der Waals surface area contributed by atoms with E-state index in [9.17, 15) is 9.59 Å². The molecule has 0 aliphatic rings. The molecule has 0 saturated carbocycles. The van der Waals surface area contributed by atoms with Gasteiger partial charge < -0.3 is 9.84 Å². The van der Waals surface area contributed by atoms with Crippen LogP contribution in [0.5, 0.6) is 0 Å². The molecule has 0 bridgehead atoms. The Morgan fingerprint density at radius 2 is 2.00 bits per heavy atom. The van der Waals surface area contributed by atoms with E-state index < -0.39 is 0 Å². The second-order valence-corrected chi connectivity index (χ2v) is 6.40. The molecular formula is C20H17N5O3. The Balaban J connectivity index is 1.90. The number of aryl methyl sites for hydroxylation is 1. The maximum absolute atomic E-state index is 12.9. The molecule has 0 unspecified atom stereocenters. The van der Waals surface area contributed by atoms with Crippen LogP contribution < -0.4 is 10.9 Å². The minimum atomic E-state index is -0.271. The lowest BCUT2D eigenvalue weighted by Crippen LogP contribution is -2.24. The summed E-state index contributed by atoms with van der Waals surface area (Å²) in [5.41, 5.74) is 3.28. The number of hydrogen-bond donors (Lipinski definition) is 1.